The first-order chi connectivity index (χ1) is 7.59. The molecule has 0 amide bonds. The summed E-state index contributed by atoms with van der Waals surface area (Å²) in [5.41, 5.74) is 0.977. The van der Waals surface area contributed by atoms with E-state index in [9.17, 15) is 0 Å². The zero-order valence-electron chi connectivity index (χ0n) is 9.72. The molecule has 1 unspecified atom stereocenters. The lowest BCUT2D eigenvalue weighted by molar-refractivity contribution is 0.0315. The number of hydrogen-bond acceptors (Lipinski definition) is 3. The van der Waals surface area contributed by atoms with Crippen LogP contribution in [0.3, 0.4) is 0 Å². The minimum atomic E-state index is -0.0251. The summed E-state index contributed by atoms with van der Waals surface area (Å²) < 4.78 is 6.76. The highest BCUT2D eigenvalue weighted by Crippen LogP contribution is 2.25. The van der Waals surface area contributed by atoms with E-state index in [2.05, 4.69) is 33.2 Å². The Morgan fingerprint density at radius 2 is 2.38 bits per heavy atom. The summed E-state index contributed by atoms with van der Waals surface area (Å²) >= 11 is 3.44. The van der Waals surface area contributed by atoms with Crippen molar-refractivity contribution in [3.05, 3.63) is 22.3 Å². The van der Waals surface area contributed by atoms with Crippen molar-refractivity contribution < 1.29 is 4.74 Å². The molecule has 0 radical (unpaired) electrons. The maximum atomic E-state index is 5.72. The summed E-state index contributed by atoms with van der Waals surface area (Å²) in [4.78, 5) is 4.45. The molecule has 0 saturated carbocycles. The molecule has 1 saturated heterocycles. The van der Waals surface area contributed by atoms with Gasteiger partial charge in [-0.2, -0.15) is 0 Å². The van der Waals surface area contributed by atoms with Crippen molar-refractivity contribution in [2.75, 3.05) is 18.5 Å². The second-order valence-corrected chi connectivity index (χ2v) is 5.37. The van der Waals surface area contributed by atoms with Crippen LogP contribution >= 0.6 is 15.9 Å². The van der Waals surface area contributed by atoms with Crippen LogP contribution in [0.15, 0.2) is 16.6 Å². The highest BCUT2D eigenvalue weighted by atomic mass is 79.9. The molecular weight excluding hydrogens is 268 g/mol. The Morgan fingerprint density at radius 3 is 3.00 bits per heavy atom. The summed E-state index contributed by atoms with van der Waals surface area (Å²) in [6.07, 6.45) is 2.28. The Morgan fingerprint density at radius 1 is 1.56 bits per heavy atom. The number of aryl methyl sites for hydroxylation is 1. The van der Waals surface area contributed by atoms with Crippen LogP contribution in [0.5, 0.6) is 0 Å². The van der Waals surface area contributed by atoms with Crippen molar-refractivity contribution in [3.8, 4) is 0 Å². The smallest absolute Gasteiger partial charge is 0.126 e. The molecule has 1 N–H and O–H groups in total. The number of pyridine rings is 1. The maximum absolute atomic E-state index is 5.72. The molecule has 0 aromatic carbocycles. The second-order valence-electron chi connectivity index (χ2n) is 4.52. The topological polar surface area (TPSA) is 34.2 Å². The third-order valence-electron chi connectivity index (χ3n) is 2.97. The van der Waals surface area contributed by atoms with E-state index in [1.165, 1.54) is 0 Å². The van der Waals surface area contributed by atoms with E-state index >= 15 is 0 Å². The highest BCUT2D eigenvalue weighted by molar-refractivity contribution is 9.10. The molecule has 88 valence electrons. The van der Waals surface area contributed by atoms with Crippen LogP contribution in [0.25, 0.3) is 0 Å². The van der Waals surface area contributed by atoms with Gasteiger partial charge >= 0.3 is 0 Å². The monoisotopic (exact) mass is 284 g/mol. The summed E-state index contributed by atoms with van der Waals surface area (Å²) in [5, 5.41) is 3.34. The van der Waals surface area contributed by atoms with E-state index in [1.807, 2.05) is 19.1 Å². The van der Waals surface area contributed by atoms with E-state index in [4.69, 9.17) is 4.74 Å². The van der Waals surface area contributed by atoms with Crippen molar-refractivity contribution in [2.24, 2.45) is 0 Å². The number of nitrogens with zero attached hydrogens (tertiary/aromatic N) is 1. The Kier molecular flexibility index (Phi) is 3.50. The first-order valence-corrected chi connectivity index (χ1v) is 6.39. The predicted molar refractivity (Wildman–Crippen MR) is 68.8 cm³/mol. The van der Waals surface area contributed by atoms with E-state index in [-0.39, 0.29) is 5.60 Å². The molecule has 1 fully saturated rings. The first kappa shape index (κ1) is 11.9. The zero-order valence-corrected chi connectivity index (χ0v) is 11.3. The van der Waals surface area contributed by atoms with Crippen LogP contribution < -0.4 is 5.32 Å². The van der Waals surface area contributed by atoms with Gasteiger partial charge in [-0.25, -0.2) is 4.98 Å². The van der Waals surface area contributed by atoms with Crippen LogP contribution in [-0.2, 0) is 4.74 Å². The molecule has 0 aliphatic carbocycles. The molecule has 16 heavy (non-hydrogen) atoms. The molecule has 3 nitrogen and oxygen atoms in total. The Labute approximate surface area is 105 Å². The first-order valence-electron chi connectivity index (χ1n) is 5.60. The number of anilines is 1. The van der Waals surface area contributed by atoms with E-state index in [0.29, 0.717) is 0 Å². The summed E-state index contributed by atoms with van der Waals surface area (Å²) in [7, 11) is 0. The normalized spacial score (nSPS) is 24.7. The SMILES string of the molecule is Cc1nc(NCC2(C)CCCO2)ccc1Br. The standard InChI is InChI=1S/C12H17BrN2O/c1-9-10(13)4-5-11(15-9)14-8-12(2)6-3-7-16-12/h4-5H,3,6-8H2,1-2H3,(H,14,15). The van der Waals surface area contributed by atoms with Gasteiger partial charge in [0, 0.05) is 17.6 Å². The number of nitrogens with one attached hydrogen (secondary N) is 1. The molecular formula is C12H17BrN2O. The minimum absolute atomic E-state index is 0.0251. The van der Waals surface area contributed by atoms with Crippen LogP contribution in [-0.4, -0.2) is 23.7 Å². The average molecular weight is 285 g/mol. The molecule has 1 aromatic heterocycles. The van der Waals surface area contributed by atoms with Crippen molar-refractivity contribution in [1.82, 2.24) is 4.98 Å². The van der Waals surface area contributed by atoms with Gasteiger partial charge in [0.25, 0.3) is 0 Å². The van der Waals surface area contributed by atoms with Gasteiger partial charge < -0.3 is 10.1 Å². The van der Waals surface area contributed by atoms with Crippen molar-refractivity contribution in [2.45, 2.75) is 32.3 Å². The van der Waals surface area contributed by atoms with Gasteiger partial charge in [0.2, 0.25) is 0 Å². The summed E-state index contributed by atoms with van der Waals surface area (Å²) in [6, 6.07) is 4.00. The molecule has 0 bridgehead atoms. The number of ether oxygens (including phenoxy) is 1. The minimum Gasteiger partial charge on any atom is -0.373 e. The fraction of sp³-hybridized carbons (Fsp3) is 0.583. The molecule has 4 heteroatoms. The largest absolute Gasteiger partial charge is 0.373 e. The van der Waals surface area contributed by atoms with Crippen molar-refractivity contribution in [3.63, 3.8) is 0 Å². The van der Waals surface area contributed by atoms with E-state index < -0.39 is 0 Å². The summed E-state index contributed by atoms with van der Waals surface area (Å²) in [5.74, 6) is 0.914. The third kappa shape index (κ3) is 2.74. The second kappa shape index (κ2) is 4.72. The van der Waals surface area contributed by atoms with Crippen molar-refractivity contribution >= 4 is 21.7 Å². The average Bonchev–Trinajstić information content (AvgIpc) is 2.68. The number of aromatic nitrogens is 1. The van der Waals surface area contributed by atoms with Gasteiger partial charge in [-0.05, 0) is 54.8 Å². The van der Waals surface area contributed by atoms with Crippen molar-refractivity contribution in [1.29, 1.82) is 0 Å². The maximum Gasteiger partial charge on any atom is 0.126 e. The lowest BCUT2D eigenvalue weighted by atomic mass is 10.0. The van der Waals surface area contributed by atoms with Gasteiger partial charge in [0.1, 0.15) is 5.82 Å². The van der Waals surface area contributed by atoms with Gasteiger partial charge in [-0.3, -0.25) is 0 Å². The number of hydrogen-bond donors (Lipinski definition) is 1. The predicted octanol–water partition coefficient (Wildman–Crippen LogP) is 3.13. The van der Waals surface area contributed by atoms with Crippen LogP contribution in [0.4, 0.5) is 5.82 Å². The molecule has 2 heterocycles. The zero-order chi connectivity index (χ0) is 11.6. The van der Waals surface area contributed by atoms with Gasteiger partial charge in [-0.1, -0.05) is 0 Å². The quantitative estimate of drug-likeness (QED) is 0.926. The molecule has 1 aromatic rings. The van der Waals surface area contributed by atoms with Crippen LogP contribution in [0.1, 0.15) is 25.5 Å². The fourth-order valence-electron chi connectivity index (χ4n) is 1.90. The molecule has 2 rings (SSSR count). The van der Waals surface area contributed by atoms with Crippen LogP contribution in [0, 0.1) is 6.92 Å². The lowest BCUT2D eigenvalue weighted by Gasteiger charge is -2.23. The Hall–Kier alpha value is -0.610. The Bertz CT molecular complexity index is 375. The fourth-order valence-corrected chi connectivity index (χ4v) is 2.12. The van der Waals surface area contributed by atoms with Crippen LogP contribution in [0.2, 0.25) is 0 Å². The van der Waals surface area contributed by atoms with E-state index in [0.717, 1.165) is 42.0 Å². The summed E-state index contributed by atoms with van der Waals surface area (Å²) in [6.45, 7) is 5.84. The molecule has 1 aliphatic heterocycles. The number of rotatable bonds is 3. The van der Waals surface area contributed by atoms with Gasteiger partial charge in [-0.15, -0.1) is 0 Å². The van der Waals surface area contributed by atoms with E-state index in [1.54, 1.807) is 0 Å². The molecule has 0 spiro atoms. The highest BCUT2D eigenvalue weighted by Gasteiger charge is 2.29. The number of halogens is 1. The Balaban J connectivity index is 1.96. The lowest BCUT2D eigenvalue weighted by Crippen LogP contribution is -2.32. The van der Waals surface area contributed by atoms with Gasteiger partial charge in [0.05, 0.1) is 11.3 Å². The molecule has 1 aliphatic rings. The molecule has 1 atom stereocenters. The third-order valence-corrected chi connectivity index (χ3v) is 3.80. The van der Waals surface area contributed by atoms with Gasteiger partial charge in [0.15, 0.2) is 0 Å².